The molecule has 3 aromatic rings. The van der Waals surface area contributed by atoms with Crippen LogP contribution in [0.25, 0.3) is 11.3 Å². The van der Waals surface area contributed by atoms with Crippen LogP contribution in [0.1, 0.15) is 16.1 Å². The number of thiophene rings is 1. The summed E-state index contributed by atoms with van der Waals surface area (Å²) in [5.41, 5.74) is 2.13. The van der Waals surface area contributed by atoms with E-state index in [0.717, 1.165) is 41.5 Å². The summed E-state index contributed by atoms with van der Waals surface area (Å²) in [5.74, 6) is 0.950. The Bertz CT molecular complexity index is 813. The molecule has 0 spiro atoms. The Morgan fingerprint density at radius 3 is 2.92 bits per heavy atom. The zero-order chi connectivity index (χ0) is 16.4. The Balaban J connectivity index is 1.40. The lowest BCUT2D eigenvalue weighted by molar-refractivity contribution is 0.0944. The molecule has 0 aliphatic carbocycles. The van der Waals surface area contributed by atoms with Crippen molar-refractivity contribution in [2.24, 2.45) is 0 Å². The average Bonchev–Trinajstić information content (AvgIpc) is 3.36. The van der Waals surface area contributed by atoms with E-state index in [2.05, 4.69) is 38.6 Å². The monoisotopic (exact) mass is 338 g/mol. The smallest absolute Gasteiger partial charge is 0.261 e. The van der Waals surface area contributed by atoms with Crippen LogP contribution in [-0.2, 0) is 0 Å². The number of nitrogens with one attached hydrogen (secondary N) is 2. The number of hydrogen-bond acceptors (Lipinski definition) is 4. The summed E-state index contributed by atoms with van der Waals surface area (Å²) in [4.78, 5) is 15.1. The van der Waals surface area contributed by atoms with Gasteiger partial charge in [0, 0.05) is 25.2 Å². The SMILES string of the molecule is O=C(N[C@H]1CCN(c2cc(-c3ccccc3)[nH]n2)C1)c1cccs1. The van der Waals surface area contributed by atoms with E-state index in [9.17, 15) is 4.79 Å². The van der Waals surface area contributed by atoms with Crippen molar-refractivity contribution in [3.05, 3.63) is 58.8 Å². The number of aromatic amines is 1. The third kappa shape index (κ3) is 3.05. The fraction of sp³-hybridized carbons (Fsp3) is 0.222. The third-order valence-electron chi connectivity index (χ3n) is 4.24. The molecule has 5 nitrogen and oxygen atoms in total. The van der Waals surface area contributed by atoms with Gasteiger partial charge < -0.3 is 10.2 Å². The van der Waals surface area contributed by atoms with Crippen LogP contribution in [0, 0.1) is 0 Å². The van der Waals surface area contributed by atoms with E-state index in [1.165, 1.54) is 11.3 Å². The van der Waals surface area contributed by atoms with Crippen molar-refractivity contribution in [3.8, 4) is 11.3 Å². The van der Waals surface area contributed by atoms with Crippen LogP contribution < -0.4 is 10.2 Å². The standard InChI is InChI=1S/C18H18N4OS/c23-18(16-7-4-10-24-16)19-14-8-9-22(12-14)17-11-15(20-21-17)13-5-2-1-3-6-13/h1-7,10-11,14H,8-9,12H2,(H,19,23)(H,20,21)/t14-/m0/s1. The van der Waals surface area contributed by atoms with Gasteiger partial charge in [-0.15, -0.1) is 11.3 Å². The Morgan fingerprint density at radius 2 is 2.12 bits per heavy atom. The van der Waals surface area contributed by atoms with Crippen molar-refractivity contribution in [1.82, 2.24) is 15.5 Å². The van der Waals surface area contributed by atoms with E-state index in [0.29, 0.717) is 0 Å². The van der Waals surface area contributed by atoms with Gasteiger partial charge in [0.1, 0.15) is 0 Å². The van der Waals surface area contributed by atoms with Crippen molar-refractivity contribution in [3.63, 3.8) is 0 Å². The van der Waals surface area contributed by atoms with Gasteiger partial charge in [-0.3, -0.25) is 9.89 Å². The number of hydrogen-bond donors (Lipinski definition) is 2. The molecule has 0 saturated carbocycles. The first-order valence-electron chi connectivity index (χ1n) is 8.00. The molecule has 2 aromatic heterocycles. The summed E-state index contributed by atoms with van der Waals surface area (Å²) in [5, 5.41) is 12.6. The predicted molar refractivity (Wildman–Crippen MR) is 96.4 cm³/mol. The van der Waals surface area contributed by atoms with E-state index in [1.807, 2.05) is 35.7 Å². The number of amides is 1. The summed E-state index contributed by atoms with van der Waals surface area (Å²) < 4.78 is 0. The number of aromatic nitrogens is 2. The number of carbonyl (C=O) groups is 1. The second-order valence-corrected chi connectivity index (χ2v) is 6.84. The Hall–Kier alpha value is -2.60. The molecule has 1 fully saturated rings. The van der Waals surface area contributed by atoms with Crippen molar-refractivity contribution >= 4 is 23.1 Å². The zero-order valence-electron chi connectivity index (χ0n) is 13.1. The van der Waals surface area contributed by atoms with Gasteiger partial charge in [-0.25, -0.2) is 0 Å². The number of nitrogens with zero attached hydrogens (tertiary/aromatic N) is 2. The number of H-pyrrole nitrogens is 1. The maximum Gasteiger partial charge on any atom is 0.261 e. The molecule has 1 aromatic carbocycles. The second kappa shape index (κ2) is 6.49. The van der Waals surface area contributed by atoms with Gasteiger partial charge >= 0.3 is 0 Å². The second-order valence-electron chi connectivity index (χ2n) is 5.89. The van der Waals surface area contributed by atoms with Crippen molar-refractivity contribution in [2.75, 3.05) is 18.0 Å². The number of benzene rings is 1. The van der Waals surface area contributed by atoms with Gasteiger partial charge in [0.25, 0.3) is 5.91 Å². The fourth-order valence-corrected chi connectivity index (χ4v) is 3.62. The van der Waals surface area contributed by atoms with Gasteiger partial charge in [-0.05, 0) is 23.4 Å². The van der Waals surface area contributed by atoms with Crippen LogP contribution in [0.3, 0.4) is 0 Å². The summed E-state index contributed by atoms with van der Waals surface area (Å²) in [6, 6.07) is 16.1. The van der Waals surface area contributed by atoms with Crippen LogP contribution in [-0.4, -0.2) is 35.2 Å². The molecule has 4 rings (SSSR count). The number of carbonyl (C=O) groups excluding carboxylic acids is 1. The lowest BCUT2D eigenvalue weighted by Gasteiger charge is -2.15. The molecular formula is C18H18N4OS. The van der Waals surface area contributed by atoms with Crippen LogP contribution >= 0.6 is 11.3 Å². The van der Waals surface area contributed by atoms with Crippen LogP contribution in [0.2, 0.25) is 0 Å². The van der Waals surface area contributed by atoms with Crippen LogP contribution in [0.5, 0.6) is 0 Å². The minimum Gasteiger partial charge on any atom is -0.353 e. The van der Waals surface area contributed by atoms with Crippen molar-refractivity contribution in [2.45, 2.75) is 12.5 Å². The quantitative estimate of drug-likeness (QED) is 0.768. The molecule has 1 saturated heterocycles. The molecular weight excluding hydrogens is 320 g/mol. The highest BCUT2D eigenvalue weighted by atomic mass is 32.1. The van der Waals surface area contributed by atoms with Gasteiger partial charge in [0.15, 0.2) is 5.82 Å². The molecule has 122 valence electrons. The van der Waals surface area contributed by atoms with E-state index in [-0.39, 0.29) is 11.9 Å². The van der Waals surface area contributed by atoms with Crippen molar-refractivity contribution in [1.29, 1.82) is 0 Å². The highest BCUT2D eigenvalue weighted by Gasteiger charge is 2.26. The molecule has 1 atom stereocenters. The van der Waals surface area contributed by atoms with Gasteiger partial charge in [-0.2, -0.15) is 5.10 Å². The van der Waals surface area contributed by atoms with E-state index in [1.54, 1.807) is 0 Å². The van der Waals surface area contributed by atoms with Crippen LogP contribution in [0.4, 0.5) is 5.82 Å². The molecule has 6 heteroatoms. The molecule has 1 aliphatic rings. The first kappa shape index (κ1) is 15.0. The van der Waals surface area contributed by atoms with E-state index < -0.39 is 0 Å². The molecule has 1 amide bonds. The fourth-order valence-electron chi connectivity index (χ4n) is 2.99. The third-order valence-corrected chi connectivity index (χ3v) is 5.11. The summed E-state index contributed by atoms with van der Waals surface area (Å²) in [7, 11) is 0. The lowest BCUT2D eigenvalue weighted by Crippen LogP contribution is -2.36. The molecule has 1 aliphatic heterocycles. The Labute approximate surface area is 144 Å². The number of anilines is 1. The van der Waals surface area contributed by atoms with Crippen LogP contribution in [0.15, 0.2) is 53.9 Å². The largest absolute Gasteiger partial charge is 0.353 e. The van der Waals surface area contributed by atoms with Gasteiger partial charge in [0.05, 0.1) is 10.6 Å². The molecule has 3 heterocycles. The van der Waals surface area contributed by atoms with Gasteiger partial charge in [-0.1, -0.05) is 36.4 Å². The first-order chi connectivity index (χ1) is 11.8. The minimum absolute atomic E-state index is 0.0175. The maximum atomic E-state index is 12.2. The first-order valence-corrected chi connectivity index (χ1v) is 8.88. The van der Waals surface area contributed by atoms with Gasteiger partial charge in [0.2, 0.25) is 0 Å². The molecule has 2 N–H and O–H groups in total. The van der Waals surface area contributed by atoms with E-state index >= 15 is 0 Å². The highest BCUT2D eigenvalue weighted by molar-refractivity contribution is 7.12. The molecule has 0 unspecified atom stereocenters. The summed E-state index contributed by atoms with van der Waals surface area (Å²) in [6.45, 7) is 1.69. The van der Waals surface area contributed by atoms with Crippen molar-refractivity contribution < 1.29 is 4.79 Å². The van der Waals surface area contributed by atoms with E-state index in [4.69, 9.17) is 0 Å². The minimum atomic E-state index is 0.0175. The average molecular weight is 338 g/mol. The molecule has 24 heavy (non-hydrogen) atoms. The Morgan fingerprint density at radius 1 is 1.25 bits per heavy atom. The maximum absolute atomic E-state index is 12.2. The molecule has 0 bridgehead atoms. The predicted octanol–water partition coefficient (Wildman–Crippen LogP) is 3.15. The topological polar surface area (TPSA) is 61.0 Å². The summed E-state index contributed by atoms with van der Waals surface area (Å²) >= 11 is 1.47. The summed E-state index contributed by atoms with van der Waals surface area (Å²) in [6.07, 6.45) is 0.935. The normalized spacial score (nSPS) is 17.2. The lowest BCUT2D eigenvalue weighted by atomic mass is 10.1. The zero-order valence-corrected chi connectivity index (χ0v) is 13.9. The molecule has 0 radical (unpaired) electrons. The highest BCUT2D eigenvalue weighted by Crippen LogP contribution is 2.24. The Kier molecular flexibility index (Phi) is 4.04. The number of rotatable bonds is 4.